The van der Waals surface area contributed by atoms with E-state index in [9.17, 15) is 4.79 Å². The maximum Gasteiger partial charge on any atom is 0.303 e. The van der Waals surface area contributed by atoms with Crippen molar-refractivity contribution in [3.05, 3.63) is 29.8 Å². The molecule has 0 saturated carbocycles. The van der Waals surface area contributed by atoms with E-state index in [0.29, 0.717) is 0 Å². The first-order valence-electron chi connectivity index (χ1n) is 6.46. The van der Waals surface area contributed by atoms with Crippen LogP contribution in [0.25, 0.3) is 0 Å². The Labute approximate surface area is 109 Å². The van der Waals surface area contributed by atoms with Crippen molar-refractivity contribution in [2.45, 2.75) is 45.4 Å². The van der Waals surface area contributed by atoms with Gasteiger partial charge in [0.1, 0.15) is 0 Å². The summed E-state index contributed by atoms with van der Waals surface area (Å²) in [5.41, 5.74) is 2.56. The van der Waals surface area contributed by atoms with Crippen LogP contribution in [-0.2, 0) is 10.2 Å². The van der Waals surface area contributed by atoms with E-state index in [0.717, 1.165) is 25.1 Å². The van der Waals surface area contributed by atoms with Gasteiger partial charge in [-0.3, -0.25) is 4.79 Å². The van der Waals surface area contributed by atoms with Gasteiger partial charge in [0.05, 0.1) is 0 Å². The summed E-state index contributed by atoms with van der Waals surface area (Å²) in [5, 5.41) is 12.0. The summed E-state index contributed by atoms with van der Waals surface area (Å²) in [4.78, 5) is 10.4. The van der Waals surface area contributed by atoms with Gasteiger partial charge in [-0.2, -0.15) is 0 Å². The number of anilines is 1. The highest BCUT2D eigenvalue weighted by molar-refractivity contribution is 5.66. The lowest BCUT2D eigenvalue weighted by Crippen LogP contribution is -2.15. The van der Waals surface area contributed by atoms with Crippen LogP contribution in [0.4, 0.5) is 5.69 Å². The number of rotatable bonds is 6. The smallest absolute Gasteiger partial charge is 0.303 e. The van der Waals surface area contributed by atoms with E-state index < -0.39 is 5.97 Å². The molecule has 0 spiro atoms. The van der Waals surface area contributed by atoms with Crippen LogP contribution < -0.4 is 5.32 Å². The number of nitrogens with one attached hydrogen (secondary N) is 1. The lowest BCUT2D eigenvalue weighted by molar-refractivity contribution is -0.137. The van der Waals surface area contributed by atoms with E-state index in [1.807, 2.05) is 6.07 Å². The molecule has 0 aliphatic rings. The largest absolute Gasteiger partial charge is 0.481 e. The summed E-state index contributed by atoms with van der Waals surface area (Å²) >= 11 is 0. The number of hydrogen-bond acceptors (Lipinski definition) is 2. The highest BCUT2D eigenvalue weighted by Crippen LogP contribution is 2.29. The van der Waals surface area contributed by atoms with E-state index in [1.165, 1.54) is 5.56 Å². The average molecular weight is 249 g/mol. The first-order chi connectivity index (χ1) is 8.41. The number of para-hydroxylation sites is 1. The average Bonchev–Trinajstić information content (AvgIpc) is 2.27. The van der Waals surface area contributed by atoms with E-state index in [2.05, 4.69) is 44.3 Å². The van der Waals surface area contributed by atoms with Crippen molar-refractivity contribution in [3.63, 3.8) is 0 Å². The molecule has 18 heavy (non-hydrogen) atoms. The molecule has 100 valence electrons. The molecule has 0 amide bonds. The van der Waals surface area contributed by atoms with Crippen molar-refractivity contribution in [2.24, 2.45) is 0 Å². The first-order valence-corrected chi connectivity index (χ1v) is 6.46. The Kier molecular flexibility index (Phi) is 5.20. The zero-order valence-corrected chi connectivity index (χ0v) is 11.5. The predicted molar refractivity (Wildman–Crippen MR) is 75.1 cm³/mol. The molecule has 1 aromatic carbocycles. The summed E-state index contributed by atoms with van der Waals surface area (Å²) in [7, 11) is 0. The Bertz CT molecular complexity index is 394. The summed E-state index contributed by atoms with van der Waals surface area (Å²) in [6.45, 7) is 7.40. The number of carboxylic acid groups (broad SMARTS) is 1. The third-order valence-electron chi connectivity index (χ3n) is 2.87. The molecule has 0 aliphatic heterocycles. The molecule has 0 radical (unpaired) electrons. The topological polar surface area (TPSA) is 49.3 Å². The molecule has 0 aliphatic carbocycles. The molecular formula is C15H23NO2. The van der Waals surface area contributed by atoms with Gasteiger partial charge in [0, 0.05) is 18.7 Å². The van der Waals surface area contributed by atoms with Crippen LogP contribution in [0.2, 0.25) is 0 Å². The Morgan fingerprint density at radius 1 is 1.22 bits per heavy atom. The molecule has 0 bridgehead atoms. The van der Waals surface area contributed by atoms with Gasteiger partial charge in [-0.1, -0.05) is 39.0 Å². The number of carboxylic acids is 1. The number of aliphatic carboxylic acids is 1. The highest BCUT2D eigenvalue weighted by Gasteiger charge is 2.16. The number of unbranched alkanes of at least 4 members (excludes halogenated alkanes) is 1. The van der Waals surface area contributed by atoms with Gasteiger partial charge in [-0.05, 0) is 29.9 Å². The van der Waals surface area contributed by atoms with Gasteiger partial charge in [-0.25, -0.2) is 0 Å². The van der Waals surface area contributed by atoms with E-state index >= 15 is 0 Å². The van der Waals surface area contributed by atoms with Gasteiger partial charge in [0.25, 0.3) is 0 Å². The van der Waals surface area contributed by atoms with Crippen LogP contribution in [0.1, 0.15) is 45.6 Å². The molecule has 0 aromatic heterocycles. The van der Waals surface area contributed by atoms with Crippen molar-refractivity contribution in [1.82, 2.24) is 0 Å². The molecule has 0 fully saturated rings. The van der Waals surface area contributed by atoms with Gasteiger partial charge < -0.3 is 10.4 Å². The molecule has 3 nitrogen and oxygen atoms in total. The highest BCUT2D eigenvalue weighted by atomic mass is 16.4. The summed E-state index contributed by atoms with van der Waals surface area (Å²) in [6, 6.07) is 8.29. The lowest BCUT2D eigenvalue weighted by atomic mass is 9.86. The van der Waals surface area contributed by atoms with Crippen LogP contribution in [-0.4, -0.2) is 17.6 Å². The minimum absolute atomic E-state index is 0.116. The molecule has 1 aromatic rings. The third kappa shape index (κ3) is 4.78. The zero-order chi connectivity index (χ0) is 13.6. The Hall–Kier alpha value is -1.51. The second-order valence-corrected chi connectivity index (χ2v) is 5.57. The van der Waals surface area contributed by atoms with E-state index in [4.69, 9.17) is 5.11 Å². The molecule has 0 heterocycles. The fraction of sp³-hybridized carbons (Fsp3) is 0.533. The van der Waals surface area contributed by atoms with Gasteiger partial charge in [-0.15, -0.1) is 0 Å². The first kappa shape index (κ1) is 14.6. The molecule has 0 unspecified atom stereocenters. The minimum atomic E-state index is -0.718. The fourth-order valence-corrected chi connectivity index (χ4v) is 1.92. The standard InChI is InChI=1S/C15H23NO2/c1-15(2,3)12-8-4-5-9-13(12)16-11-7-6-10-14(17)18/h4-5,8-9,16H,6-7,10-11H2,1-3H3,(H,17,18). The van der Waals surface area contributed by atoms with Gasteiger partial charge in [0.2, 0.25) is 0 Å². The Morgan fingerprint density at radius 2 is 1.89 bits per heavy atom. The number of carbonyl (C=O) groups is 1. The van der Waals surface area contributed by atoms with Gasteiger partial charge >= 0.3 is 5.97 Å². The second kappa shape index (κ2) is 6.43. The van der Waals surface area contributed by atoms with E-state index in [-0.39, 0.29) is 11.8 Å². The van der Waals surface area contributed by atoms with Crippen LogP contribution in [0.15, 0.2) is 24.3 Å². The van der Waals surface area contributed by atoms with Crippen LogP contribution in [0, 0.1) is 0 Å². The molecular weight excluding hydrogens is 226 g/mol. The van der Waals surface area contributed by atoms with Crippen molar-refractivity contribution in [3.8, 4) is 0 Å². The monoisotopic (exact) mass is 249 g/mol. The maximum atomic E-state index is 10.4. The predicted octanol–water partition coefficient (Wildman–Crippen LogP) is 3.65. The van der Waals surface area contributed by atoms with Crippen LogP contribution >= 0.6 is 0 Å². The molecule has 1 rings (SSSR count). The quantitative estimate of drug-likeness (QED) is 0.757. The number of benzene rings is 1. The summed E-state index contributed by atoms with van der Waals surface area (Å²) in [5.74, 6) is -0.718. The molecule has 0 atom stereocenters. The van der Waals surface area contributed by atoms with Crippen LogP contribution in [0.5, 0.6) is 0 Å². The van der Waals surface area contributed by atoms with Crippen molar-refractivity contribution in [2.75, 3.05) is 11.9 Å². The van der Waals surface area contributed by atoms with Crippen molar-refractivity contribution >= 4 is 11.7 Å². The normalized spacial score (nSPS) is 11.3. The van der Waals surface area contributed by atoms with E-state index in [1.54, 1.807) is 0 Å². The summed E-state index contributed by atoms with van der Waals surface area (Å²) < 4.78 is 0. The van der Waals surface area contributed by atoms with Crippen molar-refractivity contribution < 1.29 is 9.90 Å². The Morgan fingerprint density at radius 3 is 2.50 bits per heavy atom. The third-order valence-corrected chi connectivity index (χ3v) is 2.87. The second-order valence-electron chi connectivity index (χ2n) is 5.57. The zero-order valence-electron chi connectivity index (χ0n) is 11.5. The maximum absolute atomic E-state index is 10.4. The number of hydrogen-bond donors (Lipinski definition) is 2. The van der Waals surface area contributed by atoms with Crippen LogP contribution in [0.3, 0.4) is 0 Å². The molecule has 0 saturated heterocycles. The summed E-state index contributed by atoms with van der Waals surface area (Å²) in [6.07, 6.45) is 1.85. The lowest BCUT2D eigenvalue weighted by Gasteiger charge is -2.23. The fourth-order valence-electron chi connectivity index (χ4n) is 1.92. The van der Waals surface area contributed by atoms with Gasteiger partial charge in [0.15, 0.2) is 0 Å². The minimum Gasteiger partial charge on any atom is -0.481 e. The Balaban J connectivity index is 2.50. The SMILES string of the molecule is CC(C)(C)c1ccccc1NCCCCC(=O)O. The molecule has 2 N–H and O–H groups in total. The molecule has 3 heteroatoms. The van der Waals surface area contributed by atoms with Crippen molar-refractivity contribution in [1.29, 1.82) is 0 Å².